The minimum absolute atomic E-state index is 0.272. The topological polar surface area (TPSA) is 47.4 Å². The Labute approximate surface area is 169 Å². The second-order valence-electron chi connectivity index (χ2n) is 7.56. The minimum atomic E-state index is -0.444. The van der Waals surface area contributed by atoms with Gasteiger partial charge >= 0.3 is 0 Å². The molecule has 1 saturated heterocycles. The number of hydrogen-bond acceptors (Lipinski definition) is 4. The number of aryl methyl sites for hydroxylation is 1. The molecular formula is C23H26FN3O2. The van der Waals surface area contributed by atoms with Crippen molar-refractivity contribution in [2.24, 2.45) is 0 Å². The largest absolute Gasteiger partial charge is 0.494 e. The molecule has 2 heterocycles. The smallest absolute Gasteiger partial charge is 0.266 e. The van der Waals surface area contributed by atoms with Gasteiger partial charge < -0.3 is 9.64 Å². The summed E-state index contributed by atoms with van der Waals surface area (Å²) >= 11 is 0. The quantitative estimate of drug-likeness (QED) is 0.590. The van der Waals surface area contributed by atoms with Crippen LogP contribution in [0, 0.1) is 12.7 Å². The maximum atomic E-state index is 13.6. The lowest BCUT2D eigenvalue weighted by atomic mass is 10.1. The van der Waals surface area contributed by atoms with Crippen molar-refractivity contribution in [1.82, 2.24) is 14.5 Å². The van der Waals surface area contributed by atoms with Crippen LogP contribution in [0.1, 0.15) is 31.5 Å². The summed E-state index contributed by atoms with van der Waals surface area (Å²) in [5.41, 5.74) is 0.910. The lowest BCUT2D eigenvalue weighted by Crippen LogP contribution is -2.31. The van der Waals surface area contributed by atoms with Gasteiger partial charge in [-0.05, 0) is 81.7 Å². The van der Waals surface area contributed by atoms with Crippen LogP contribution in [0.3, 0.4) is 0 Å². The zero-order valence-corrected chi connectivity index (χ0v) is 16.7. The summed E-state index contributed by atoms with van der Waals surface area (Å²) < 4.78 is 20.9. The molecule has 29 heavy (non-hydrogen) atoms. The van der Waals surface area contributed by atoms with Gasteiger partial charge in [-0.1, -0.05) is 6.42 Å². The molecule has 1 aromatic heterocycles. The standard InChI is InChI=1S/C23H26FN3O2/c1-17-25-22-11-6-18(24)16-21(22)23(28)27(17)19-7-9-20(10-8-19)29-15-5-14-26-12-3-2-4-13-26/h6-11,16H,2-5,12-15H2,1H3. The number of hydrogen-bond donors (Lipinski definition) is 0. The predicted octanol–water partition coefficient (Wildman–Crippen LogP) is 4.09. The van der Waals surface area contributed by atoms with Crippen molar-refractivity contribution in [1.29, 1.82) is 0 Å². The highest BCUT2D eigenvalue weighted by Gasteiger charge is 2.11. The Morgan fingerprint density at radius 1 is 1.07 bits per heavy atom. The molecule has 6 heteroatoms. The third-order valence-corrected chi connectivity index (χ3v) is 5.43. The number of piperidine rings is 1. The Morgan fingerprint density at radius 2 is 1.83 bits per heavy atom. The second kappa shape index (κ2) is 8.74. The van der Waals surface area contributed by atoms with E-state index in [1.807, 2.05) is 24.3 Å². The van der Waals surface area contributed by atoms with Crippen molar-refractivity contribution in [3.8, 4) is 11.4 Å². The van der Waals surface area contributed by atoms with E-state index in [0.29, 0.717) is 23.6 Å². The number of ether oxygens (including phenoxy) is 1. The molecule has 0 saturated carbocycles. The number of rotatable bonds is 6. The average molecular weight is 395 g/mol. The molecule has 0 N–H and O–H groups in total. The third-order valence-electron chi connectivity index (χ3n) is 5.43. The molecule has 1 fully saturated rings. The van der Waals surface area contributed by atoms with Crippen LogP contribution in [0.5, 0.6) is 5.75 Å². The van der Waals surface area contributed by atoms with Crippen molar-refractivity contribution in [2.75, 3.05) is 26.2 Å². The number of fused-ring (bicyclic) bond motifs is 1. The Kier molecular flexibility index (Phi) is 5.90. The van der Waals surface area contributed by atoms with E-state index in [1.165, 1.54) is 55.1 Å². The summed E-state index contributed by atoms with van der Waals surface area (Å²) in [7, 11) is 0. The molecule has 5 nitrogen and oxygen atoms in total. The van der Waals surface area contributed by atoms with Crippen molar-refractivity contribution in [3.63, 3.8) is 0 Å². The molecule has 1 aliphatic heterocycles. The first-order valence-electron chi connectivity index (χ1n) is 10.3. The fourth-order valence-corrected chi connectivity index (χ4v) is 3.93. The van der Waals surface area contributed by atoms with Gasteiger partial charge in [-0.3, -0.25) is 9.36 Å². The van der Waals surface area contributed by atoms with Crippen LogP contribution in [0.4, 0.5) is 4.39 Å². The predicted molar refractivity (Wildman–Crippen MR) is 112 cm³/mol. The van der Waals surface area contributed by atoms with Crippen LogP contribution in [-0.2, 0) is 0 Å². The Morgan fingerprint density at radius 3 is 2.59 bits per heavy atom. The molecule has 0 amide bonds. The van der Waals surface area contributed by atoms with Crippen LogP contribution >= 0.6 is 0 Å². The highest BCUT2D eigenvalue weighted by atomic mass is 19.1. The summed E-state index contributed by atoms with van der Waals surface area (Å²) in [5, 5.41) is 0.272. The van der Waals surface area contributed by atoms with E-state index >= 15 is 0 Å². The van der Waals surface area contributed by atoms with E-state index in [2.05, 4.69) is 9.88 Å². The second-order valence-corrected chi connectivity index (χ2v) is 7.56. The van der Waals surface area contributed by atoms with Crippen molar-refractivity contribution >= 4 is 10.9 Å². The van der Waals surface area contributed by atoms with Gasteiger partial charge in [-0.2, -0.15) is 0 Å². The fraction of sp³-hybridized carbons (Fsp3) is 0.391. The first-order valence-corrected chi connectivity index (χ1v) is 10.3. The number of halogens is 1. The fourth-order valence-electron chi connectivity index (χ4n) is 3.93. The van der Waals surface area contributed by atoms with E-state index in [1.54, 1.807) is 6.92 Å². The highest BCUT2D eigenvalue weighted by molar-refractivity contribution is 5.78. The third kappa shape index (κ3) is 4.48. The van der Waals surface area contributed by atoms with Crippen molar-refractivity contribution < 1.29 is 9.13 Å². The molecule has 4 rings (SSSR count). The first-order chi connectivity index (χ1) is 14.1. The van der Waals surface area contributed by atoms with E-state index in [-0.39, 0.29) is 10.9 Å². The van der Waals surface area contributed by atoms with Gasteiger partial charge in [-0.15, -0.1) is 0 Å². The van der Waals surface area contributed by atoms with Crippen LogP contribution in [0.15, 0.2) is 47.3 Å². The normalized spacial score (nSPS) is 15.0. The van der Waals surface area contributed by atoms with E-state index in [4.69, 9.17) is 4.74 Å². The first kappa shape index (κ1) is 19.6. The summed E-state index contributed by atoms with van der Waals surface area (Å²) in [6, 6.07) is 11.5. The Hall–Kier alpha value is -2.73. The van der Waals surface area contributed by atoms with Crippen molar-refractivity contribution in [2.45, 2.75) is 32.6 Å². The van der Waals surface area contributed by atoms with Gasteiger partial charge in [0.2, 0.25) is 0 Å². The van der Waals surface area contributed by atoms with Gasteiger partial charge in [0.1, 0.15) is 17.4 Å². The van der Waals surface area contributed by atoms with Crippen molar-refractivity contribution in [3.05, 3.63) is 64.5 Å². The maximum absolute atomic E-state index is 13.6. The van der Waals surface area contributed by atoms with E-state index < -0.39 is 5.82 Å². The summed E-state index contributed by atoms with van der Waals surface area (Å²) in [6.07, 6.45) is 4.96. The molecule has 0 atom stereocenters. The van der Waals surface area contributed by atoms with Crippen LogP contribution in [-0.4, -0.2) is 40.7 Å². The molecule has 0 unspecified atom stereocenters. The summed E-state index contributed by atoms with van der Waals surface area (Å²) in [6.45, 7) is 5.92. The molecule has 0 radical (unpaired) electrons. The SMILES string of the molecule is Cc1nc2ccc(F)cc2c(=O)n1-c1ccc(OCCCN2CCCCC2)cc1. The molecule has 2 aromatic carbocycles. The molecule has 0 aliphatic carbocycles. The number of benzene rings is 2. The average Bonchev–Trinajstić information content (AvgIpc) is 2.74. The molecule has 0 spiro atoms. The Bertz CT molecular complexity index is 1040. The zero-order valence-electron chi connectivity index (χ0n) is 16.7. The number of nitrogens with zero attached hydrogens (tertiary/aromatic N) is 3. The maximum Gasteiger partial charge on any atom is 0.266 e. The molecule has 0 bridgehead atoms. The van der Waals surface area contributed by atoms with Gasteiger partial charge in [-0.25, -0.2) is 9.37 Å². The number of aromatic nitrogens is 2. The molecule has 3 aromatic rings. The monoisotopic (exact) mass is 395 g/mol. The van der Waals surface area contributed by atoms with Gasteiger partial charge in [0.25, 0.3) is 5.56 Å². The van der Waals surface area contributed by atoms with Gasteiger partial charge in [0.15, 0.2) is 0 Å². The summed E-state index contributed by atoms with van der Waals surface area (Å²) in [4.78, 5) is 19.8. The molecule has 1 aliphatic rings. The zero-order chi connectivity index (χ0) is 20.2. The van der Waals surface area contributed by atoms with Crippen LogP contribution in [0.25, 0.3) is 16.6 Å². The number of likely N-dealkylation sites (tertiary alicyclic amines) is 1. The Balaban J connectivity index is 1.44. The van der Waals surface area contributed by atoms with Crippen LogP contribution < -0.4 is 10.3 Å². The van der Waals surface area contributed by atoms with E-state index in [9.17, 15) is 9.18 Å². The molecular weight excluding hydrogens is 369 g/mol. The van der Waals surface area contributed by atoms with E-state index in [0.717, 1.165) is 18.7 Å². The van der Waals surface area contributed by atoms with Crippen LogP contribution in [0.2, 0.25) is 0 Å². The highest BCUT2D eigenvalue weighted by Crippen LogP contribution is 2.18. The van der Waals surface area contributed by atoms with Gasteiger partial charge in [0, 0.05) is 6.54 Å². The van der Waals surface area contributed by atoms with Gasteiger partial charge in [0.05, 0.1) is 23.2 Å². The minimum Gasteiger partial charge on any atom is -0.494 e. The summed E-state index contributed by atoms with van der Waals surface area (Å²) in [5.74, 6) is 0.891. The lowest BCUT2D eigenvalue weighted by Gasteiger charge is -2.26. The lowest BCUT2D eigenvalue weighted by molar-refractivity contribution is 0.205. The molecule has 152 valence electrons.